The van der Waals surface area contributed by atoms with E-state index in [2.05, 4.69) is 15.3 Å². The van der Waals surface area contributed by atoms with Crippen molar-refractivity contribution in [1.29, 1.82) is 0 Å². The predicted octanol–water partition coefficient (Wildman–Crippen LogP) is 3.08. The number of hydrogen-bond donors (Lipinski definition) is 2. The van der Waals surface area contributed by atoms with Crippen molar-refractivity contribution in [2.24, 2.45) is 0 Å². The third kappa shape index (κ3) is 2.81. The van der Waals surface area contributed by atoms with E-state index in [0.717, 1.165) is 4.70 Å². The lowest BCUT2D eigenvalue weighted by Crippen LogP contribution is -2.18. The largest absolute Gasteiger partial charge is 0.457 e. The van der Waals surface area contributed by atoms with Gasteiger partial charge in [0.1, 0.15) is 22.7 Å². The molecule has 3 rings (SSSR count). The molecule has 0 saturated carbocycles. The second-order valence-corrected chi connectivity index (χ2v) is 5.83. The molecule has 0 fully saturated rings. The van der Waals surface area contributed by atoms with Gasteiger partial charge in [-0.2, -0.15) is 0 Å². The van der Waals surface area contributed by atoms with Gasteiger partial charge in [-0.25, -0.2) is 4.98 Å². The summed E-state index contributed by atoms with van der Waals surface area (Å²) in [6.07, 6.45) is 1.50. The first kappa shape index (κ1) is 14.6. The number of rotatable bonds is 3. The van der Waals surface area contributed by atoms with Gasteiger partial charge in [0.15, 0.2) is 5.13 Å². The molecule has 1 aromatic carbocycles. The maximum Gasteiger partial charge on any atom is 0.269 e. The standard InChI is InChI=1S/C14H11ClN4O2S/c1-17-13(20)10-5-7(2-3-18-10)21-8-4-9(15)12-11(6-8)22-14(16)19-12/h2-6H,1H3,(H2,16,19)(H,17,20). The van der Waals surface area contributed by atoms with Crippen LogP contribution in [-0.2, 0) is 0 Å². The number of hydrogen-bond acceptors (Lipinski definition) is 6. The zero-order valence-electron chi connectivity index (χ0n) is 11.5. The summed E-state index contributed by atoms with van der Waals surface area (Å²) in [5.41, 5.74) is 6.61. The number of aromatic nitrogens is 2. The van der Waals surface area contributed by atoms with Crippen molar-refractivity contribution in [2.45, 2.75) is 0 Å². The summed E-state index contributed by atoms with van der Waals surface area (Å²) >= 11 is 7.51. The second-order valence-electron chi connectivity index (χ2n) is 4.36. The molecule has 2 heterocycles. The van der Waals surface area contributed by atoms with Gasteiger partial charge < -0.3 is 15.8 Å². The summed E-state index contributed by atoms with van der Waals surface area (Å²) < 4.78 is 6.58. The van der Waals surface area contributed by atoms with Crippen LogP contribution in [0.5, 0.6) is 11.5 Å². The van der Waals surface area contributed by atoms with Crippen LogP contribution in [0.15, 0.2) is 30.5 Å². The number of ether oxygens (including phenoxy) is 1. The van der Waals surface area contributed by atoms with Crippen LogP contribution >= 0.6 is 22.9 Å². The van der Waals surface area contributed by atoms with Crippen LogP contribution in [0.3, 0.4) is 0 Å². The molecule has 0 unspecified atom stereocenters. The maximum atomic E-state index is 11.6. The first-order chi connectivity index (χ1) is 10.6. The van der Waals surface area contributed by atoms with Gasteiger partial charge in [-0.05, 0) is 6.07 Å². The van der Waals surface area contributed by atoms with Crippen LogP contribution in [0.1, 0.15) is 10.5 Å². The first-order valence-electron chi connectivity index (χ1n) is 6.28. The quantitative estimate of drug-likeness (QED) is 0.768. The van der Waals surface area contributed by atoms with Crippen molar-refractivity contribution in [3.05, 3.63) is 41.2 Å². The molecule has 8 heteroatoms. The summed E-state index contributed by atoms with van der Waals surface area (Å²) in [5, 5.41) is 3.41. The van der Waals surface area contributed by atoms with Crippen molar-refractivity contribution in [3.63, 3.8) is 0 Å². The molecule has 2 aromatic heterocycles. The summed E-state index contributed by atoms with van der Waals surface area (Å²) in [4.78, 5) is 19.7. The van der Waals surface area contributed by atoms with E-state index in [1.807, 2.05) is 0 Å². The number of fused-ring (bicyclic) bond motifs is 1. The molecule has 1 amide bonds. The number of carbonyl (C=O) groups is 1. The lowest BCUT2D eigenvalue weighted by molar-refractivity contribution is 0.0958. The highest BCUT2D eigenvalue weighted by molar-refractivity contribution is 7.22. The van der Waals surface area contributed by atoms with Gasteiger partial charge in [0.25, 0.3) is 5.91 Å². The molecule has 6 nitrogen and oxygen atoms in total. The number of nitrogens with two attached hydrogens (primary N) is 1. The topological polar surface area (TPSA) is 90.1 Å². The van der Waals surface area contributed by atoms with E-state index in [0.29, 0.717) is 27.2 Å². The van der Waals surface area contributed by atoms with Gasteiger partial charge in [0.2, 0.25) is 0 Å². The average Bonchev–Trinajstić information content (AvgIpc) is 2.87. The average molecular weight is 335 g/mol. The number of thiazole rings is 1. The summed E-state index contributed by atoms with van der Waals surface area (Å²) in [5.74, 6) is 0.742. The number of halogens is 1. The van der Waals surface area contributed by atoms with Crippen molar-refractivity contribution in [2.75, 3.05) is 12.8 Å². The molecule has 0 aliphatic carbocycles. The SMILES string of the molecule is CNC(=O)c1cc(Oc2cc(Cl)c3nc(N)sc3c2)ccn1. The lowest BCUT2D eigenvalue weighted by Gasteiger charge is -2.07. The first-order valence-corrected chi connectivity index (χ1v) is 7.48. The number of amides is 1. The van der Waals surface area contributed by atoms with E-state index in [1.54, 1.807) is 31.3 Å². The second kappa shape index (κ2) is 5.78. The fraction of sp³-hybridized carbons (Fsp3) is 0.0714. The van der Waals surface area contributed by atoms with Crippen molar-refractivity contribution in [3.8, 4) is 11.5 Å². The van der Waals surface area contributed by atoms with E-state index in [4.69, 9.17) is 22.1 Å². The smallest absolute Gasteiger partial charge is 0.269 e. The normalized spacial score (nSPS) is 10.6. The minimum Gasteiger partial charge on any atom is -0.457 e. The number of anilines is 1. The van der Waals surface area contributed by atoms with Gasteiger partial charge >= 0.3 is 0 Å². The number of carbonyl (C=O) groups excluding carboxylic acids is 1. The number of benzene rings is 1. The zero-order chi connectivity index (χ0) is 15.7. The van der Waals surface area contributed by atoms with Crippen molar-refractivity contribution in [1.82, 2.24) is 15.3 Å². The number of nitrogens with zero attached hydrogens (tertiary/aromatic N) is 2. The summed E-state index contributed by atoms with van der Waals surface area (Å²) in [6, 6.07) is 6.67. The molecule has 3 N–H and O–H groups in total. The molecule has 0 aliphatic rings. The third-order valence-corrected chi connectivity index (χ3v) is 3.98. The van der Waals surface area contributed by atoms with Gasteiger partial charge in [0.05, 0.1) is 9.72 Å². The molecule has 0 bridgehead atoms. The minimum absolute atomic E-state index is 0.272. The highest BCUT2D eigenvalue weighted by atomic mass is 35.5. The van der Waals surface area contributed by atoms with E-state index in [9.17, 15) is 4.79 Å². The Bertz CT molecular complexity index is 865. The minimum atomic E-state index is -0.283. The molecule has 3 aromatic rings. The van der Waals surface area contributed by atoms with Crippen molar-refractivity contribution >= 4 is 44.2 Å². The number of nitrogens with one attached hydrogen (secondary N) is 1. The zero-order valence-corrected chi connectivity index (χ0v) is 13.0. The Labute approximate surface area is 134 Å². The van der Waals surface area contributed by atoms with Gasteiger partial charge in [-0.15, -0.1) is 0 Å². The monoisotopic (exact) mass is 334 g/mol. The molecule has 22 heavy (non-hydrogen) atoms. The van der Waals surface area contributed by atoms with E-state index in [-0.39, 0.29) is 11.6 Å². The van der Waals surface area contributed by atoms with Gasteiger partial charge in [-0.3, -0.25) is 9.78 Å². The molecule has 0 radical (unpaired) electrons. The fourth-order valence-electron chi connectivity index (χ4n) is 1.90. The summed E-state index contributed by atoms with van der Waals surface area (Å²) in [7, 11) is 1.54. The Morgan fingerprint density at radius 1 is 1.36 bits per heavy atom. The van der Waals surface area contributed by atoms with Gasteiger partial charge in [-0.1, -0.05) is 22.9 Å². The Hall–Kier alpha value is -2.38. The Kier molecular flexibility index (Phi) is 3.82. The molecular formula is C14H11ClN4O2S. The molecule has 112 valence electrons. The van der Waals surface area contributed by atoms with Crippen LogP contribution in [0, 0.1) is 0 Å². The van der Waals surface area contributed by atoms with Crippen LogP contribution in [0.25, 0.3) is 10.2 Å². The molecule has 0 aliphatic heterocycles. The molecular weight excluding hydrogens is 324 g/mol. The van der Waals surface area contributed by atoms with Crippen molar-refractivity contribution < 1.29 is 9.53 Å². The lowest BCUT2D eigenvalue weighted by atomic mass is 10.3. The number of pyridine rings is 1. The fourth-order valence-corrected chi connectivity index (χ4v) is 3.00. The summed E-state index contributed by atoms with van der Waals surface area (Å²) in [6.45, 7) is 0. The van der Waals surface area contributed by atoms with E-state index >= 15 is 0 Å². The third-order valence-electron chi connectivity index (χ3n) is 2.87. The molecule has 0 saturated heterocycles. The van der Waals surface area contributed by atoms with E-state index < -0.39 is 0 Å². The molecule has 0 atom stereocenters. The van der Waals surface area contributed by atoms with Crippen LogP contribution in [0.2, 0.25) is 5.02 Å². The van der Waals surface area contributed by atoms with E-state index in [1.165, 1.54) is 17.5 Å². The Morgan fingerprint density at radius 3 is 2.95 bits per heavy atom. The van der Waals surface area contributed by atoms with Crippen LogP contribution in [-0.4, -0.2) is 22.9 Å². The highest BCUT2D eigenvalue weighted by Crippen LogP contribution is 2.35. The van der Waals surface area contributed by atoms with Crippen LogP contribution in [0.4, 0.5) is 5.13 Å². The Morgan fingerprint density at radius 2 is 2.18 bits per heavy atom. The maximum absolute atomic E-state index is 11.6. The number of nitrogen functional groups attached to an aromatic ring is 1. The Balaban J connectivity index is 1.94. The van der Waals surface area contributed by atoms with Gasteiger partial charge in [0, 0.05) is 31.4 Å². The van der Waals surface area contributed by atoms with Crippen LogP contribution < -0.4 is 15.8 Å². The predicted molar refractivity (Wildman–Crippen MR) is 86.7 cm³/mol. The molecule has 0 spiro atoms. The highest BCUT2D eigenvalue weighted by Gasteiger charge is 2.10.